The van der Waals surface area contributed by atoms with Crippen LogP contribution in [0.5, 0.6) is 5.75 Å². The third-order valence-corrected chi connectivity index (χ3v) is 2.08. The van der Waals surface area contributed by atoms with Gasteiger partial charge in [-0.3, -0.25) is 0 Å². The molecule has 0 saturated carbocycles. The molecule has 0 heterocycles. The smallest absolute Gasteiger partial charge is 0.124 e. The monoisotopic (exact) mass is 225 g/mol. The number of ether oxygens (including phenoxy) is 3. The summed E-state index contributed by atoms with van der Waals surface area (Å²) in [5.41, 5.74) is 6.34. The quantitative estimate of drug-likeness (QED) is 0.675. The first-order valence-corrected chi connectivity index (χ1v) is 5.36. The minimum absolute atomic E-state index is 0.538. The molecule has 1 rings (SSSR count). The van der Waals surface area contributed by atoms with E-state index in [0.717, 1.165) is 11.3 Å². The van der Waals surface area contributed by atoms with Crippen LogP contribution >= 0.6 is 0 Å². The van der Waals surface area contributed by atoms with E-state index in [0.29, 0.717) is 33.0 Å². The molecule has 0 amide bonds. The summed E-state index contributed by atoms with van der Waals surface area (Å²) >= 11 is 0. The molecule has 90 valence electrons. The Hall–Kier alpha value is -1.10. The van der Waals surface area contributed by atoms with Crippen LogP contribution in [0.15, 0.2) is 24.3 Å². The summed E-state index contributed by atoms with van der Waals surface area (Å²) in [6.07, 6.45) is 0. The van der Waals surface area contributed by atoms with Gasteiger partial charge in [0.15, 0.2) is 0 Å². The first kappa shape index (κ1) is 13.0. The van der Waals surface area contributed by atoms with Crippen LogP contribution in [0.4, 0.5) is 0 Å². The Kier molecular flexibility index (Phi) is 6.56. The molecule has 0 aliphatic rings. The fourth-order valence-corrected chi connectivity index (χ4v) is 1.31. The molecule has 0 saturated heterocycles. The number of methoxy groups -OCH3 is 1. The summed E-state index contributed by atoms with van der Waals surface area (Å²) in [5, 5.41) is 0. The van der Waals surface area contributed by atoms with Crippen LogP contribution in [0.1, 0.15) is 5.56 Å². The largest absolute Gasteiger partial charge is 0.496 e. The van der Waals surface area contributed by atoms with Gasteiger partial charge in [-0.2, -0.15) is 0 Å². The maximum absolute atomic E-state index is 5.46. The van der Waals surface area contributed by atoms with Gasteiger partial charge < -0.3 is 19.9 Å². The van der Waals surface area contributed by atoms with Gasteiger partial charge in [0, 0.05) is 12.1 Å². The molecule has 0 aliphatic heterocycles. The van der Waals surface area contributed by atoms with Gasteiger partial charge in [-0.05, 0) is 6.07 Å². The van der Waals surface area contributed by atoms with Crippen LogP contribution in [0, 0.1) is 0 Å². The maximum atomic E-state index is 5.46. The highest BCUT2D eigenvalue weighted by molar-refractivity contribution is 5.32. The van der Waals surface area contributed by atoms with Crippen LogP contribution in [-0.2, 0) is 16.1 Å². The van der Waals surface area contributed by atoms with E-state index in [9.17, 15) is 0 Å². The van der Waals surface area contributed by atoms with Gasteiger partial charge in [-0.15, -0.1) is 0 Å². The van der Waals surface area contributed by atoms with Crippen molar-refractivity contribution in [3.63, 3.8) is 0 Å². The molecule has 16 heavy (non-hydrogen) atoms. The van der Waals surface area contributed by atoms with E-state index < -0.39 is 0 Å². The second-order valence-corrected chi connectivity index (χ2v) is 3.27. The maximum Gasteiger partial charge on any atom is 0.124 e. The molecular formula is C12H19NO3. The molecule has 1 aromatic carbocycles. The van der Waals surface area contributed by atoms with Gasteiger partial charge in [0.05, 0.1) is 33.5 Å². The van der Waals surface area contributed by atoms with E-state index >= 15 is 0 Å². The lowest BCUT2D eigenvalue weighted by Crippen LogP contribution is -2.12. The molecule has 0 bridgehead atoms. The zero-order valence-corrected chi connectivity index (χ0v) is 9.65. The highest BCUT2D eigenvalue weighted by Gasteiger charge is 2.00. The van der Waals surface area contributed by atoms with Crippen LogP contribution in [0.2, 0.25) is 0 Å². The molecule has 0 fully saturated rings. The van der Waals surface area contributed by atoms with Gasteiger partial charge in [0.1, 0.15) is 5.75 Å². The summed E-state index contributed by atoms with van der Waals surface area (Å²) in [4.78, 5) is 0. The minimum atomic E-state index is 0.538. The standard InChI is InChI=1S/C12H19NO3/c1-14-12-5-3-2-4-11(12)10-16-9-8-15-7-6-13/h2-5H,6-10,13H2,1H3. The Morgan fingerprint density at radius 2 is 1.81 bits per heavy atom. The lowest BCUT2D eigenvalue weighted by atomic mass is 10.2. The molecule has 0 radical (unpaired) electrons. The fourth-order valence-electron chi connectivity index (χ4n) is 1.31. The second kappa shape index (κ2) is 8.10. The van der Waals surface area contributed by atoms with Gasteiger partial charge >= 0.3 is 0 Å². The van der Waals surface area contributed by atoms with E-state index in [1.165, 1.54) is 0 Å². The van der Waals surface area contributed by atoms with Gasteiger partial charge in [-0.25, -0.2) is 0 Å². The summed E-state index contributed by atoms with van der Waals surface area (Å²) in [5.74, 6) is 0.852. The zero-order valence-electron chi connectivity index (χ0n) is 9.65. The fraction of sp³-hybridized carbons (Fsp3) is 0.500. The van der Waals surface area contributed by atoms with E-state index in [4.69, 9.17) is 19.9 Å². The van der Waals surface area contributed by atoms with Crippen molar-refractivity contribution in [1.82, 2.24) is 0 Å². The van der Waals surface area contributed by atoms with Crippen molar-refractivity contribution in [3.8, 4) is 5.75 Å². The molecule has 0 atom stereocenters. The minimum Gasteiger partial charge on any atom is -0.496 e. The topological polar surface area (TPSA) is 53.7 Å². The van der Waals surface area contributed by atoms with Crippen molar-refractivity contribution in [2.24, 2.45) is 5.73 Å². The molecule has 0 aliphatic carbocycles. The first-order chi connectivity index (χ1) is 7.88. The molecule has 0 spiro atoms. The Bertz CT molecular complexity index is 291. The third kappa shape index (κ3) is 4.61. The first-order valence-electron chi connectivity index (χ1n) is 5.36. The van der Waals surface area contributed by atoms with Gasteiger partial charge in [0.2, 0.25) is 0 Å². The van der Waals surface area contributed by atoms with Gasteiger partial charge in [-0.1, -0.05) is 18.2 Å². The molecule has 4 heteroatoms. The number of para-hydroxylation sites is 1. The average Bonchev–Trinajstić information content (AvgIpc) is 2.34. The third-order valence-electron chi connectivity index (χ3n) is 2.08. The van der Waals surface area contributed by atoms with E-state index in [2.05, 4.69) is 0 Å². The number of benzene rings is 1. The highest BCUT2D eigenvalue weighted by Crippen LogP contribution is 2.17. The second-order valence-electron chi connectivity index (χ2n) is 3.27. The van der Waals surface area contributed by atoms with Crippen molar-refractivity contribution in [2.45, 2.75) is 6.61 Å². The molecule has 0 unspecified atom stereocenters. The van der Waals surface area contributed by atoms with Crippen molar-refractivity contribution < 1.29 is 14.2 Å². The Balaban J connectivity index is 2.21. The molecule has 4 nitrogen and oxygen atoms in total. The molecule has 1 aromatic rings. The van der Waals surface area contributed by atoms with Crippen molar-refractivity contribution in [1.29, 1.82) is 0 Å². The molecular weight excluding hydrogens is 206 g/mol. The molecule has 2 N–H and O–H groups in total. The lowest BCUT2D eigenvalue weighted by Gasteiger charge is -2.08. The summed E-state index contributed by atoms with van der Waals surface area (Å²) in [7, 11) is 1.66. The van der Waals surface area contributed by atoms with E-state index in [1.54, 1.807) is 7.11 Å². The number of nitrogens with two attached hydrogens (primary N) is 1. The predicted molar refractivity (Wildman–Crippen MR) is 62.5 cm³/mol. The number of hydrogen-bond acceptors (Lipinski definition) is 4. The summed E-state index contributed by atoms with van der Waals surface area (Å²) < 4.78 is 15.9. The van der Waals surface area contributed by atoms with Crippen molar-refractivity contribution in [2.75, 3.05) is 33.5 Å². The zero-order chi connectivity index (χ0) is 11.6. The van der Waals surface area contributed by atoms with Crippen molar-refractivity contribution in [3.05, 3.63) is 29.8 Å². The number of rotatable bonds is 8. The van der Waals surface area contributed by atoms with Crippen LogP contribution in [0.25, 0.3) is 0 Å². The predicted octanol–water partition coefficient (Wildman–Crippen LogP) is 1.19. The SMILES string of the molecule is COc1ccccc1COCCOCCN. The summed E-state index contributed by atoms with van der Waals surface area (Å²) in [6, 6.07) is 7.81. The Morgan fingerprint density at radius 1 is 1.06 bits per heavy atom. The Morgan fingerprint density at radius 3 is 2.56 bits per heavy atom. The number of hydrogen-bond donors (Lipinski definition) is 1. The Labute approximate surface area is 96.3 Å². The molecule has 0 aromatic heterocycles. The lowest BCUT2D eigenvalue weighted by molar-refractivity contribution is 0.0427. The highest BCUT2D eigenvalue weighted by atomic mass is 16.5. The van der Waals surface area contributed by atoms with E-state index in [-0.39, 0.29) is 0 Å². The van der Waals surface area contributed by atoms with Gasteiger partial charge in [0.25, 0.3) is 0 Å². The average molecular weight is 225 g/mol. The normalized spacial score (nSPS) is 10.4. The van der Waals surface area contributed by atoms with Crippen LogP contribution in [0.3, 0.4) is 0 Å². The van der Waals surface area contributed by atoms with Crippen molar-refractivity contribution >= 4 is 0 Å². The van der Waals surface area contributed by atoms with Crippen LogP contribution in [-0.4, -0.2) is 33.5 Å². The van der Waals surface area contributed by atoms with E-state index in [1.807, 2.05) is 24.3 Å². The summed E-state index contributed by atoms with van der Waals surface area (Å²) in [6.45, 7) is 2.81. The van der Waals surface area contributed by atoms with Crippen LogP contribution < -0.4 is 10.5 Å².